The summed E-state index contributed by atoms with van der Waals surface area (Å²) in [4.78, 5) is 12.3. The van der Waals surface area contributed by atoms with E-state index in [-0.39, 0.29) is 17.2 Å². The predicted molar refractivity (Wildman–Crippen MR) is 85.4 cm³/mol. The number of amides is 1. The van der Waals surface area contributed by atoms with Crippen LogP contribution in [0.25, 0.3) is 0 Å². The highest BCUT2D eigenvalue weighted by Gasteiger charge is 2.22. The molecule has 1 aromatic carbocycles. The van der Waals surface area contributed by atoms with Crippen LogP contribution in [-0.2, 0) is 10.2 Å². The lowest BCUT2D eigenvalue weighted by molar-refractivity contribution is -0.120. The molecule has 0 aromatic heterocycles. The van der Waals surface area contributed by atoms with Gasteiger partial charge in [-0.1, -0.05) is 57.7 Å². The van der Waals surface area contributed by atoms with Crippen molar-refractivity contribution in [2.45, 2.75) is 58.3 Å². The van der Waals surface area contributed by atoms with Crippen LogP contribution in [0.15, 0.2) is 18.2 Å². The van der Waals surface area contributed by atoms with Gasteiger partial charge in [0.25, 0.3) is 0 Å². The Hall–Kier alpha value is -1.02. The van der Waals surface area contributed by atoms with E-state index < -0.39 is 0 Å². The van der Waals surface area contributed by atoms with Crippen LogP contribution < -0.4 is 5.32 Å². The summed E-state index contributed by atoms with van der Waals surface area (Å²) in [6.07, 6.45) is 5.58. The number of carbonyl (C=O) groups is 1. The smallest absolute Gasteiger partial charge is 0.227 e. The van der Waals surface area contributed by atoms with E-state index in [0.717, 1.165) is 31.4 Å². The monoisotopic (exact) mass is 293 g/mol. The minimum atomic E-state index is 0.0505. The van der Waals surface area contributed by atoms with Gasteiger partial charge in [0.15, 0.2) is 0 Å². The number of rotatable bonds is 2. The molecule has 110 valence electrons. The van der Waals surface area contributed by atoms with Gasteiger partial charge >= 0.3 is 0 Å². The second-order valence-corrected chi connectivity index (χ2v) is 7.18. The Kier molecular flexibility index (Phi) is 4.74. The highest BCUT2D eigenvalue weighted by molar-refractivity contribution is 6.33. The summed E-state index contributed by atoms with van der Waals surface area (Å²) in [5, 5.41) is 3.63. The molecule has 0 heterocycles. The molecule has 1 saturated carbocycles. The van der Waals surface area contributed by atoms with Crippen LogP contribution in [0, 0.1) is 5.92 Å². The van der Waals surface area contributed by atoms with Gasteiger partial charge in [-0.3, -0.25) is 4.79 Å². The highest BCUT2D eigenvalue weighted by Crippen LogP contribution is 2.31. The fourth-order valence-corrected chi connectivity index (χ4v) is 2.85. The first-order valence-electron chi connectivity index (χ1n) is 7.49. The van der Waals surface area contributed by atoms with Crippen molar-refractivity contribution < 1.29 is 4.79 Å². The van der Waals surface area contributed by atoms with E-state index in [4.69, 9.17) is 11.6 Å². The predicted octanol–water partition coefficient (Wildman–Crippen LogP) is 5.16. The molecule has 2 rings (SSSR count). The van der Waals surface area contributed by atoms with Crippen LogP contribution in [0.1, 0.15) is 58.4 Å². The van der Waals surface area contributed by atoms with E-state index in [0.29, 0.717) is 5.02 Å². The lowest BCUT2D eigenvalue weighted by Gasteiger charge is -2.23. The Bertz CT molecular complexity index is 484. The molecule has 3 heteroatoms. The fourth-order valence-electron chi connectivity index (χ4n) is 2.69. The molecule has 0 atom stereocenters. The van der Waals surface area contributed by atoms with Crippen molar-refractivity contribution in [1.82, 2.24) is 0 Å². The molecule has 0 unspecified atom stereocenters. The summed E-state index contributed by atoms with van der Waals surface area (Å²) in [5.74, 6) is 0.274. The van der Waals surface area contributed by atoms with Crippen LogP contribution in [0.3, 0.4) is 0 Å². The average Bonchev–Trinajstić information content (AvgIpc) is 2.41. The van der Waals surface area contributed by atoms with Crippen LogP contribution in [-0.4, -0.2) is 5.91 Å². The zero-order valence-corrected chi connectivity index (χ0v) is 13.4. The Morgan fingerprint density at radius 1 is 1.20 bits per heavy atom. The quantitative estimate of drug-likeness (QED) is 0.802. The maximum Gasteiger partial charge on any atom is 0.227 e. The third kappa shape index (κ3) is 3.76. The lowest BCUT2D eigenvalue weighted by atomic mass is 9.86. The van der Waals surface area contributed by atoms with E-state index in [2.05, 4.69) is 26.1 Å². The van der Waals surface area contributed by atoms with E-state index in [1.54, 1.807) is 0 Å². The van der Waals surface area contributed by atoms with Gasteiger partial charge in [-0.15, -0.1) is 0 Å². The zero-order valence-electron chi connectivity index (χ0n) is 12.6. The molecule has 1 aliphatic rings. The van der Waals surface area contributed by atoms with Crippen molar-refractivity contribution in [2.24, 2.45) is 5.92 Å². The van der Waals surface area contributed by atoms with Crippen molar-refractivity contribution >= 4 is 23.2 Å². The molecule has 1 fully saturated rings. The second-order valence-electron chi connectivity index (χ2n) is 6.77. The topological polar surface area (TPSA) is 29.1 Å². The van der Waals surface area contributed by atoms with Crippen molar-refractivity contribution in [3.05, 3.63) is 28.8 Å². The maximum atomic E-state index is 12.3. The van der Waals surface area contributed by atoms with Crippen molar-refractivity contribution in [1.29, 1.82) is 0 Å². The van der Waals surface area contributed by atoms with Gasteiger partial charge in [-0.2, -0.15) is 0 Å². The summed E-state index contributed by atoms with van der Waals surface area (Å²) in [5.41, 5.74) is 1.98. The standard InChI is InChI=1S/C17H24ClNO/c1-17(2,3)13-9-10-14(18)15(11-13)19-16(20)12-7-5-4-6-8-12/h9-12H,4-8H2,1-3H3,(H,19,20). The number of carbonyl (C=O) groups excluding carboxylic acids is 1. The van der Waals surface area contributed by atoms with Gasteiger partial charge in [0, 0.05) is 5.92 Å². The van der Waals surface area contributed by atoms with Gasteiger partial charge < -0.3 is 5.32 Å². The first-order valence-corrected chi connectivity index (χ1v) is 7.86. The molecule has 0 spiro atoms. The number of hydrogen-bond donors (Lipinski definition) is 1. The van der Waals surface area contributed by atoms with Gasteiger partial charge in [0.05, 0.1) is 10.7 Å². The van der Waals surface area contributed by atoms with E-state index >= 15 is 0 Å². The molecule has 0 aliphatic heterocycles. The summed E-state index contributed by atoms with van der Waals surface area (Å²) in [6.45, 7) is 6.47. The first kappa shape index (κ1) is 15.4. The molecule has 20 heavy (non-hydrogen) atoms. The summed E-state index contributed by atoms with van der Waals surface area (Å²) in [7, 11) is 0. The van der Waals surface area contributed by atoms with E-state index in [9.17, 15) is 4.79 Å². The Morgan fingerprint density at radius 2 is 1.85 bits per heavy atom. The molecular formula is C17H24ClNO. The van der Waals surface area contributed by atoms with Crippen LogP contribution in [0.4, 0.5) is 5.69 Å². The molecule has 1 N–H and O–H groups in total. The van der Waals surface area contributed by atoms with Gasteiger partial charge in [-0.05, 0) is 36.0 Å². The minimum absolute atomic E-state index is 0.0505. The summed E-state index contributed by atoms with van der Waals surface area (Å²) < 4.78 is 0. The van der Waals surface area contributed by atoms with E-state index in [1.165, 1.54) is 12.0 Å². The van der Waals surface area contributed by atoms with Gasteiger partial charge in [0.1, 0.15) is 0 Å². The molecular weight excluding hydrogens is 270 g/mol. The third-order valence-electron chi connectivity index (χ3n) is 4.07. The molecule has 0 radical (unpaired) electrons. The fraction of sp³-hybridized carbons (Fsp3) is 0.588. The largest absolute Gasteiger partial charge is 0.325 e. The average molecular weight is 294 g/mol. The molecule has 0 bridgehead atoms. The van der Waals surface area contributed by atoms with E-state index in [1.807, 2.05) is 18.2 Å². The Morgan fingerprint density at radius 3 is 2.45 bits per heavy atom. The lowest BCUT2D eigenvalue weighted by Crippen LogP contribution is -2.25. The first-order chi connectivity index (χ1) is 9.38. The molecule has 1 aromatic rings. The van der Waals surface area contributed by atoms with Crippen LogP contribution in [0.5, 0.6) is 0 Å². The van der Waals surface area contributed by atoms with Crippen molar-refractivity contribution in [3.8, 4) is 0 Å². The van der Waals surface area contributed by atoms with Gasteiger partial charge in [-0.25, -0.2) is 0 Å². The Labute approximate surface area is 126 Å². The molecule has 1 aliphatic carbocycles. The summed E-state index contributed by atoms with van der Waals surface area (Å²) in [6, 6.07) is 5.90. The van der Waals surface area contributed by atoms with Crippen molar-refractivity contribution in [3.63, 3.8) is 0 Å². The zero-order chi connectivity index (χ0) is 14.8. The molecule has 1 amide bonds. The van der Waals surface area contributed by atoms with Crippen molar-refractivity contribution in [2.75, 3.05) is 5.32 Å². The molecule has 0 saturated heterocycles. The second kappa shape index (κ2) is 6.17. The maximum absolute atomic E-state index is 12.3. The number of nitrogens with one attached hydrogen (secondary N) is 1. The highest BCUT2D eigenvalue weighted by atomic mass is 35.5. The number of halogens is 1. The van der Waals surface area contributed by atoms with Gasteiger partial charge in [0.2, 0.25) is 5.91 Å². The Balaban J connectivity index is 2.13. The molecule has 2 nitrogen and oxygen atoms in total. The number of benzene rings is 1. The SMILES string of the molecule is CC(C)(C)c1ccc(Cl)c(NC(=O)C2CCCCC2)c1. The minimum Gasteiger partial charge on any atom is -0.325 e. The summed E-state index contributed by atoms with van der Waals surface area (Å²) >= 11 is 6.21. The number of hydrogen-bond acceptors (Lipinski definition) is 1. The third-order valence-corrected chi connectivity index (χ3v) is 4.40. The normalized spacial score (nSPS) is 17.0. The van der Waals surface area contributed by atoms with Crippen LogP contribution in [0.2, 0.25) is 5.02 Å². The number of anilines is 1. The van der Waals surface area contributed by atoms with Crippen LogP contribution >= 0.6 is 11.6 Å².